The molecule has 0 fully saturated rings. The summed E-state index contributed by atoms with van der Waals surface area (Å²) < 4.78 is 5.15. The summed E-state index contributed by atoms with van der Waals surface area (Å²) in [6.07, 6.45) is 1.68. The number of fused-ring (bicyclic) bond motifs is 1. The molecule has 0 aromatic rings. The summed E-state index contributed by atoms with van der Waals surface area (Å²) in [5, 5.41) is 14.2. The van der Waals surface area contributed by atoms with E-state index in [1.54, 1.807) is 6.26 Å². The van der Waals surface area contributed by atoms with Crippen molar-refractivity contribution in [3.05, 3.63) is 36.6 Å². The van der Waals surface area contributed by atoms with E-state index in [-0.39, 0.29) is 0 Å². The molecule has 0 saturated carbocycles. The molecule has 12 heavy (non-hydrogen) atoms. The largest absolute Gasteiger partial charge is 0.464 e. The molecule has 2 N–H and O–H groups in total. The van der Waals surface area contributed by atoms with Crippen LogP contribution >= 0.6 is 0 Å². The summed E-state index contributed by atoms with van der Waals surface area (Å²) in [5.41, 5.74) is 1.16. The molecular weight excluding hydrogens is 155 g/mol. The van der Waals surface area contributed by atoms with Crippen LogP contribution in [0.3, 0.4) is 0 Å². The summed E-state index contributed by atoms with van der Waals surface area (Å²) in [7, 11) is -0.750. The van der Waals surface area contributed by atoms with Gasteiger partial charge in [-0.3, -0.25) is 0 Å². The molecule has 0 amide bonds. The summed E-state index contributed by atoms with van der Waals surface area (Å²) in [6, 6.07) is 9.88. The standard InChI is InChI=1S/C8H6O.BH3O2/c1-3-7-4-2-6-9-8(7)5-1;2-1-3/h1-6H;1-3H. The number of rotatable bonds is 0. The van der Waals surface area contributed by atoms with Crippen LogP contribution < -0.4 is 0 Å². The summed E-state index contributed by atoms with van der Waals surface area (Å²) in [4.78, 5) is 0. The highest BCUT2D eigenvalue weighted by Crippen LogP contribution is 2.20. The van der Waals surface area contributed by atoms with Crippen LogP contribution in [-0.2, 0) is 0 Å². The van der Waals surface area contributed by atoms with Crippen molar-refractivity contribution < 1.29 is 14.5 Å². The topological polar surface area (TPSA) is 53.6 Å². The van der Waals surface area contributed by atoms with Crippen molar-refractivity contribution in [2.75, 3.05) is 0 Å². The molecule has 1 heterocycles. The highest BCUT2D eigenvalue weighted by atomic mass is 16.4. The first-order valence-corrected chi connectivity index (χ1v) is 3.52. The van der Waals surface area contributed by atoms with Crippen LogP contribution in [0.15, 0.2) is 41.0 Å². The normalized spacial score (nSPS) is 8.83. The Morgan fingerprint density at radius 2 is 1.75 bits per heavy atom. The first kappa shape index (κ1) is 8.84. The molecule has 0 spiro atoms. The van der Waals surface area contributed by atoms with Crippen LogP contribution in [0, 0.1) is 0 Å². The highest BCUT2D eigenvalue weighted by Gasteiger charge is 1.98. The van der Waals surface area contributed by atoms with Crippen molar-refractivity contribution >= 4 is 7.69 Å². The number of hydrogen-bond acceptors (Lipinski definition) is 3. The zero-order valence-electron chi connectivity index (χ0n) is 6.47. The van der Waals surface area contributed by atoms with Crippen LogP contribution in [0.25, 0.3) is 11.3 Å². The summed E-state index contributed by atoms with van der Waals surface area (Å²) >= 11 is 0. The molecule has 0 saturated heterocycles. The van der Waals surface area contributed by atoms with Crippen LogP contribution in [0.1, 0.15) is 0 Å². The van der Waals surface area contributed by atoms with Crippen LogP contribution in [0.2, 0.25) is 0 Å². The SMILES string of the molecule is OBO.c1coc2cccc-2c1. The Balaban J connectivity index is 0.000000213. The lowest BCUT2D eigenvalue weighted by molar-refractivity contribution is 0.448. The molecule has 0 aromatic heterocycles. The minimum Gasteiger partial charge on any atom is -0.464 e. The van der Waals surface area contributed by atoms with E-state index in [0.717, 1.165) is 11.3 Å². The van der Waals surface area contributed by atoms with Gasteiger partial charge in [0, 0.05) is 5.56 Å². The van der Waals surface area contributed by atoms with Gasteiger partial charge in [0.15, 0.2) is 0 Å². The van der Waals surface area contributed by atoms with E-state index in [1.807, 2.05) is 30.3 Å². The third-order valence-corrected chi connectivity index (χ3v) is 1.36. The van der Waals surface area contributed by atoms with Crippen molar-refractivity contribution in [1.29, 1.82) is 0 Å². The van der Waals surface area contributed by atoms with Gasteiger partial charge in [-0.15, -0.1) is 0 Å². The van der Waals surface area contributed by atoms with E-state index in [2.05, 4.69) is 0 Å². The van der Waals surface area contributed by atoms with Gasteiger partial charge in [-0.25, -0.2) is 0 Å². The lowest BCUT2D eigenvalue weighted by Gasteiger charge is -1.92. The van der Waals surface area contributed by atoms with Crippen molar-refractivity contribution in [1.82, 2.24) is 0 Å². The smallest absolute Gasteiger partial charge is 0.432 e. The van der Waals surface area contributed by atoms with E-state index in [0.29, 0.717) is 0 Å². The van der Waals surface area contributed by atoms with E-state index in [1.165, 1.54) is 0 Å². The van der Waals surface area contributed by atoms with Gasteiger partial charge < -0.3 is 14.5 Å². The molecule has 0 unspecified atom stereocenters. The maximum Gasteiger partial charge on any atom is 0.432 e. The molecule has 0 bridgehead atoms. The lowest BCUT2D eigenvalue weighted by Crippen LogP contribution is -1.75. The Labute approximate surface area is 70.9 Å². The third-order valence-electron chi connectivity index (χ3n) is 1.36. The fourth-order valence-electron chi connectivity index (χ4n) is 0.918. The molecule has 62 valence electrons. The molecule has 0 aromatic carbocycles. The maximum absolute atomic E-state index is 7.12. The molecule has 2 aliphatic rings. The van der Waals surface area contributed by atoms with Gasteiger partial charge in [0.1, 0.15) is 5.76 Å². The average molecular weight is 164 g/mol. The number of hydrogen-bond donors (Lipinski definition) is 2. The fraction of sp³-hybridized carbons (Fsp3) is 0. The first-order valence-electron chi connectivity index (χ1n) is 3.52. The Hall–Kier alpha value is -1.26. The Bertz CT molecular complexity index is 267. The second kappa shape index (κ2) is 4.59. The minimum atomic E-state index is -0.750. The highest BCUT2D eigenvalue weighted by molar-refractivity contribution is 6.13. The van der Waals surface area contributed by atoms with Crippen LogP contribution in [0.5, 0.6) is 0 Å². The van der Waals surface area contributed by atoms with E-state index in [4.69, 9.17) is 14.5 Å². The molecule has 0 radical (unpaired) electrons. The molecule has 0 atom stereocenters. The third kappa shape index (κ3) is 2.12. The second-order valence-electron chi connectivity index (χ2n) is 2.10. The van der Waals surface area contributed by atoms with Gasteiger partial charge >= 0.3 is 7.69 Å². The quantitative estimate of drug-likeness (QED) is 0.561. The fourth-order valence-corrected chi connectivity index (χ4v) is 0.918. The van der Waals surface area contributed by atoms with Crippen LogP contribution in [-0.4, -0.2) is 17.7 Å². The van der Waals surface area contributed by atoms with E-state index in [9.17, 15) is 0 Å². The Morgan fingerprint density at radius 1 is 1.08 bits per heavy atom. The maximum atomic E-state index is 7.12. The second-order valence-corrected chi connectivity index (χ2v) is 2.10. The Morgan fingerprint density at radius 3 is 2.42 bits per heavy atom. The lowest BCUT2D eigenvalue weighted by atomic mass is 10.3. The average Bonchev–Trinajstić information content (AvgIpc) is 2.52. The minimum absolute atomic E-state index is 0.750. The summed E-state index contributed by atoms with van der Waals surface area (Å²) in [6.45, 7) is 0. The first-order chi connectivity index (χ1) is 5.88. The van der Waals surface area contributed by atoms with Crippen molar-refractivity contribution in [3.63, 3.8) is 0 Å². The molecule has 3 nitrogen and oxygen atoms in total. The molecular formula is C8H9BO3. The molecule has 2 rings (SSSR count). The zero-order valence-corrected chi connectivity index (χ0v) is 6.47. The Kier molecular flexibility index (Phi) is 3.38. The van der Waals surface area contributed by atoms with Gasteiger partial charge in [-0.1, -0.05) is 12.1 Å². The van der Waals surface area contributed by atoms with E-state index >= 15 is 0 Å². The van der Waals surface area contributed by atoms with Gasteiger partial charge in [-0.2, -0.15) is 0 Å². The molecule has 1 aliphatic carbocycles. The zero-order chi connectivity index (χ0) is 8.81. The van der Waals surface area contributed by atoms with E-state index < -0.39 is 7.69 Å². The predicted octanol–water partition coefficient (Wildman–Crippen LogP) is 0.622. The van der Waals surface area contributed by atoms with Crippen LogP contribution in [0.4, 0.5) is 0 Å². The monoisotopic (exact) mass is 164 g/mol. The predicted molar refractivity (Wildman–Crippen MR) is 46.9 cm³/mol. The van der Waals surface area contributed by atoms with Crippen molar-refractivity contribution in [3.8, 4) is 11.3 Å². The van der Waals surface area contributed by atoms with Crippen molar-refractivity contribution in [2.45, 2.75) is 0 Å². The van der Waals surface area contributed by atoms with Gasteiger partial charge in [0.05, 0.1) is 6.26 Å². The van der Waals surface area contributed by atoms with Gasteiger partial charge in [0.2, 0.25) is 0 Å². The molecule has 4 heteroatoms. The van der Waals surface area contributed by atoms with Gasteiger partial charge in [-0.05, 0) is 18.2 Å². The van der Waals surface area contributed by atoms with Crippen molar-refractivity contribution in [2.24, 2.45) is 0 Å². The summed E-state index contributed by atoms with van der Waals surface area (Å²) in [5.74, 6) is 0.956. The molecule has 1 aliphatic heterocycles. The van der Waals surface area contributed by atoms with Gasteiger partial charge in [0.25, 0.3) is 0 Å².